The number of amides is 2. The number of morpholine rings is 1. The molecule has 3 atom stereocenters. The molecule has 0 bridgehead atoms. The Bertz CT molecular complexity index is 551. The van der Waals surface area contributed by atoms with Gasteiger partial charge < -0.3 is 20.3 Å². The molecule has 0 spiro atoms. The van der Waals surface area contributed by atoms with Gasteiger partial charge in [0.2, 0.25) is 0 Å². The van der Waals surface area contributed by atoms with Crippen molar-refractivity contribution in [1.29, 1.82) is 0 Å². The maximum absolute atomic E-state index is 11.9. The number of urea groups is 1. The van der Waals surface area contributed by atoms with Crippen LogP contribution in [0.1, 0.15) is 39.2 Å². The highest BCUT2D eigenvalue weighted by molar-refractivity contribution is 5.74. The third-order valence-corrected chi connectivity index (χ3v) is 4.28. The lowest BCUT2D eigenvalue weighted by Crippen LogP contribution is -2.45. The standard InChI is InChI=1S/C19H30N4O2/c1-5-7-17(6-2)22-19(24)21-11-16-8-9-18(20-10-16)23-12-14(3)25-15(4)13-23/h5,8-10,14-15,17H,1,6-7,11-13H2,2-4H3,(H2,21,22,24). The highest BCUT2D eigenvalue weighted by atomic mass is 16.5. The number of ether oxygens (including phenoxy) is 1. The van der Waals surface area contributed by atoms with Crippen molar-refractivity contribution in [1.82, 2.24) is 15.6 Å². The Morgan fingerprint density at radius 1 is 1.44 bits per heavy atom. The number of pyridine rings is 1. The van der Waals surface area contributed by atoms with E-state index < -0.39 is 0 Å². The summed E-state index contributed by atoms with van der Waals surface area (Å²) in [5.74, 6) is 0.951. The number of nitrogens with zero attached hydrogens (tertiary/aromatic N) is 2. The Morgan fingerprint density at radius 3 is 2.72 bits per heavy atom. The lowest BCUT2D eigenvalue weighted by Gasteiger charge is -2.36. The average molecular weight is 346 g/mol. The molecule has 1 fully saturated rings. The number of hydrogen-bond donors (Lipinski definition) is 2. The summed E-state index contributed by atoms with van der Waals surface area (Å²) < 4.78 is 5.75. The second kappa shape index (κ2) is 9.42. The van der Waals surface area contributed by atoms with Gasteiger partial charge in [0.25, 0.3) is 0 Å². The van der Waals surface area contributed by atoms with Crippen LogP contribution in [0.25, 0.3) is 0 Å². The molecule has 2 rings (SSSR count). The molecule has 2 N–H and O–H groups in total. The summed E-state index contributed by atoms with van der Waals surface area (Å²) >= 11 is 0. The highest BCUT2D eigenvalue weighted by Crippen LogP contribution is 2.18. The predicted octanol–water partition coefficient (Wildman–Crippen LogP) is 2.85. The quantitative estimate of drug-likeness (QED) is 0.745. The summed E-state index contributed by atoms with van der Waals surface area (Å²) in [7, 11) is 0. The fraction of sp³-hybridized carbons (Fsp3) is 0.579. The summed E-state index contributed by atoms with van der Waals surface area (Å²) in [6.45, 7) is 12.1. The van der Waals surface area contributed by atoms with Crippen molar-refractivity contribution >= 4 is 11.8 Å². The van der Waals surface area contributed by atoms with Crippen LogP contribution in [-0.4, -0.2) is 42.4 Å². The van der Waals surface area contributed by atoms with Gasteiger partial charge in [0.05, 0.1) is 12.2 Å². The molecular weight excluding hydrogens is 316 g/mol. The van der Waals surface area contributed by atoms with Crippen molar-refractivity contribution in [3.05, 3.63) is 36.5 Å². The minimum atomic E-state index is -0.159. The molecule has 25 heavy (non-hydrogen) atoms. The molecule has 1 saturated heterocycles. The fourth-order valence-electron chi connectivity index (χ4n) is 3.02. The van der Waals surface area contributed by atoms with Gasteiger partial charge in [-0.1, -0.05) is 19.1 Å². The van der Waals surface area contributed by atoms with Gasteiger partial charge in [0.1, 0.15) is 5.82 Å². The lowest BCUT2D eigenvalue weighted by molar-refractivity contribution is -0.00546. The molecular formula is C19H30N4O2. The fourth-order valence-corrected chi connectivity index (χ4v) is 3.02. The first-order valence-electron chi connectivity index (χ1n) is 9.02. The van der Waals surface area contributed by atoms with Crippen LogP contribution in [0.2, 0.25) is 0 Å². The average Bonchev–Trinajstić information content (AvgIpc) is 2.59. The molecule has 0 radical (unpaired) electrons. The van der Waals surface area contributed by atoms with Crippen LogP contribution in [0.3, 0.4) is 0 Å². The normalized spacial score (nSPS) is 21.5. The van der Waals surface area contributed by atoms with Crippen LogP contribution in [0, 0.1) is 0 Å². The first kappa shape index (κ1) is 19.2. The van der Waals surface area contributed by atoms with Crippen molar-refractivity contribution in [3.63, 3.8) is 0 Å². The number of nitrogens with one attached hydrogen (secondary N) is 2. The van der Waals surface area contributed by atoms with E-state index in [1.54, 1.807) is 0 Å². The number of hydrogen-bond acceptors (Lipinski definition) is 4. The zero-order chi connectivity index (χ0) is 18.2. The van der Waals surface area contributed by atoms with E-state index in [-0.39, 0.29) is 24.3 Å². The Kier molecular flexibility index (Phi) is 7.25. The zero-order valence-corrected chi connectivity index (χ0v) is 15.5. The predicted molar refractivity (Wildman–Crippen MR) is 101 cm³/mol. The van der Waals surface area contributed by atoms with Crippen molar-refractivity contribution < 1.29 is 9.53 Å². The number of rotatable bonds is 7. The third kappa shape index (κ3) is 6.05. The molecule has 2 amide bonds. The van der Waals surface area contributed by atoms with E-state index in [2.05, 4.69) is 40.9 Å². The summed E-state index contributed by atoms with van der Waals surface area (Å²) in [5.41, 5.74) is 0.977. The SMILES string of the molecule is C=CCC(CC)NC(=O)NCc1ccc(N2CC(C)OC(C)C2)nc1. The van der Waals surface area contributed by atoms with Crippen LogP contribution in [0.4, 0.5) is 10.6 Å². The summed E-state index contributed by atoms with van der Waals surface area (Å²) in [4.78, 5) is 18.7. The van der Waals surface area contributed by atoms with Gasteiger partial charge in [-0.3, -0.25) is 0 Å². The van der Waals surface area contributed by atoms with E-state index >= 15 is 0 Å². The van der Waals surface area contributed by atoms with Gasteiger partial charge >= 0.3 is 6.03 Å². The van der Waals surface area contributed by atoms with E-state index in [0.717, 1.165) is 37.3 Å². The van der Waals surface area contributed by atoms with E-state index in [9.17, 15) is 4.79 Å². The molecule has 1 aromatic rings. The lowest BCUT2D eigenvalue weighted by atomic mass is 10.1. The molecule has 1 aliphatic rings. The van der Waals surface area contributed by atoms with E-state index in [4.69, 9.17) is 4.74 Å². The summed E-state index contributed by atoms with van der Waals surface area (Å²) in [5, 5.41) is 5.82. The van der Waals surface area contributed by atoms with Gasteiger partial charge in [-0.2, -0.15) is 0 Å². The molecule has 6 nitrogen and oxygen atoms in total. The van der Waals surface area contributed by atoms with Crippen LogP contribution >= 0.6 is 0 Å². The van der Waals surface area contributed by atoms with Gasteiger partial charge in [0, 0.05) is 31.9 Å². The van der Waals surface area contributed by atoms with Crippen LogP contribution in [0.5, 0.6) is 0 Å². The molecule has 0 aromatic carbocycles. The van der Waals surface area contributed by atoms with E-state index in [1.807, 2.05) is 31.3 Å². The van der Waals surface area contributed by atoms with Gasteiger partial charge in [0.15, 0.2) is 0 Å². The Morgan fingerprint density at radius 2 is 2.16 bits per heavy atom. The topological polar surface area (TPSA) is 66.5 Å². The summed E-state index contributed by atoms with van der Waals surface area (Å²) in [6.07, 6.45) is 5.71. The third-order valence-electron chi connectivity index (χ3n) is 4.28. The van der Waals surface area contributed by atoms with Gasteiger partial charge in [-0.25, -0.2) is 9.78 Å². The van der Waals surface area contributed by atoms with E-state index in [1.165, 1.54) is 0 Å². The molecule has 0 aliphatic carbocycles. The monoisotopic (exact) mass is 346 g/mol. The Balaban J connectivity index is 1.84. The molecule has 1 aliphatic heterocycles. The smallest absolute Gasteiger partial charge is 0.315 e. The van der Waals surface area contributed by atoms with Crippen LogP contribution in [0.15, 0.2) is 31.0 Å². The number of carbonyl (C=O) groups is 1. The van der Waals surface area contributed by atoms with Gasteiger partial charge in [-0.05, 0) is 38.3 Å². The van der Waals surface area contributed by atoms with Crippen molar-refractivity contribution in [2.45, 2.75) is 58.4 Å². The molecule has 2 heterocycles. The summed E-state index contributed by atoms with van der Waals surface area (Å²) in [6, 6.07) is 3.98. The Hall–Kier alpha value is -2.08. The highest BCUT2D eigenvalue weighted by Gasteiger charge is 2.22. The second-order valence-electron chi connectivity index (χ2n) is 6.64. The first-order chi connectivity index (χ1) is 12.0. The minimum Gasteiger partial charge on any atom is -0.372 e. The van der Waals surface area contributed by atoms with Crippen LogP contribution < -0.4 is 15.5 Å². The number of anilines is 1. The first-order valence-corrected chi connectivity index (χ1v) is 9.02. The van der Waals surface area contributed by atoms with Gasteiger partial charge in [-0.15, -0.1) is 6.58 Å². The maximum atomic E-state index is 11.9. The molecule has 0 saturated carbocycles. The van der Waals surface area contributed by atoms with Crippen molar-refractivity contribution in [2.75, 3.05) is 18.0 Å². The molecule has 3 unspecified atom stereocenters. The maximum Gasteiger partial charge on any atom is 0.315 e. The van der Waals surface area contributed by atoms with Crippen LogP contribution in [-0.2, 0) is 11.3 Å². The van der Waals surface area contributed by atoms with Crippen molar-refractivity contribution in [3.8, 4) is 0 Å². The van der Waals surface area contributed by atoms with Crippen molar-refractivity contribution in [2.24, 2.45) is 0 Å². The van der Waals surface area contributed by atoms with E-state index in [0.29, 0.717) is 6.54 Å². The molecule has 1 aromatic heterocycles. The molecule has 6 heteroatoms. The zero-order valence-electron chi connectivity index (χ0n) is 15.5. The number of aromatic nitrogens is 1. The minimum absolute atomic E-state index is 0.128. The number of carbonyl (C=O) groups excluding carboxylic acids is 1. The Labute approximate surface area is 150 Å². The molecule has 138 valence electrons. The second-order valence-corrected chi connectivity index (χ2v) is 6.64. The largest absolute Gasteiger partial charge is 0.372 e.